The smallest absolute Gasteiger partial charge is 0.343 e. The summed E-state index contributed by atoms with van der Waals surface area (Å²) in [6, 6.07) is 7.40. The number of hydrogen-bond donors (Lipinski definition) is 0. The molecule has 0 aromatic heterocycles. The van der Waals surface area contributed by atoms with Gasteiger partial charge in [0.2, 0.25) is 0 Å². The van der Waals surface area contributed by atoms with E-state index >= 15 is 0 Å². The maximum atomic E-state index is 12.9. The summed E-state index contributed by atoms with van der Waals surface area (Å²) >= 11 is 0. The predicted molar refractivity (Wildman–Crippen MR) is 114 cm³/mol. The van der Waals surface area contributed by atoms with E-state index in [1.807, 2.05) is 24.3 Å². The molecule has 0 bridgehead atoms. The van der Waals surface area contributed by atoms with Gasteiger partial charge < -0.3 is 4.74 Å². The summed E-state index contributed by atoms with van der Waals surface area (Å²) in [5.74, 6) is 0.598. The van der Waals surface area contributed by atoms with Crippen molar-refractivity contribution in [1.29, 1.82) is 0 Å². The van der Waals surface area contributed by atoms with E-state index < -0.39 is 0 Å². The highest BCUT2D eigenvalue weighted by molar-refractivity contribution is 5.90. The Morgan fingerprint density at radius 1 is 1.15 bits per heavy atom. The van der Waals surface area contributed by atoms with E-state index in [9.17, 15) is 4.79 Å². The highest BCUT2D eigenvalue weighted by Crippen LogP contribution is 2.62. The van der Waals surface area contributed by atoms with E-state index in [-0.39, 0.29) is 16.8 Å². The lowest BCUT2D eigenvalue weighted by molar-refractivity contribution is 0.00194. The van der Waals surface area contributed by atoms with E-state index in [0.29, 0.717) is 5.56 Å². The molecule has 0 saturated heterocycles. The average Bonchev–Trinajstić information content (AvgIpc) is 2.69. The van der Waals surface area contributed by atoms with Crippen molar-refractivity contribution < 1.29 is 9.53 Å². The molecule has 0 aliphatic heterocycles. The van der Waals surface area contributed by atoms with Gasteiger partial charge >= 0.3 is 5.97 Å². The first-order valence-electron chi connectivity index (χ1n) is 10.1. The van der Waals surface area contributed by atoms with Crippen molar-refractivity contribution in [3.63, 3.8) is 0 Å². The second-order valence-corrected chi connectivity index (χ2v) is 7.83. The number of allylic oxidation sites excluding steroid dienone is 3. The van der Waals surface area contributed by atoms with E-state index in [0.717, 1.165) is 43.4 Å². The van der Waals surface area contributed by atoms with Gasteiger partial charge in [-0.25, -0.2) is 4.79 Å². The quantitative estimate of drug-likeness (QED) is 0.373. The largest absolute Gasteiger partial charge is 0.427 e. The Morgan fingerprint density at radius 3 is 2.19 bits per heavy atom. The molecule has 27 heavy (non-hydrogen) atoms. The van der Waals surface area contributed by atoms with Crippen molar-refractivity contribution in [1.82, 2.24) is 0 Å². The molecule has 0 amide bonds. The van der Waals surface area contributed by atoms with Crippen LogP contribution in [0.15, 0.2) is 54.3 Å². The van der Waals surface area contributed by atoms with Gasteiger partial charge in [-0.3, -0.25) is 0 Å². The van der Waals surface area contributed by atoms with Crippen LogP contribution in [0.4, 0.5) is 0 Å². The monoisotopic (exact) mass is 366 g/mol. The zero-order valence-corrected chi connectivity index (χ0v) is 17.7. The third-order valence-corrected chi connectivity index (χ3v) is 6.87. The zero-order chi connectivity index (χ0) is 20.2. The molecular formula is C25H34O2. The standard InChI is InChI=1S/C25H34O2/c1-8-20-12-14-21(15-13-20)23(26)27-22-19(7)16-17-25(11-4,18(5)6)24(22,9-2)10-3/h8,12-15H,1,5,9-11,16-17H2,2-4,6-7H3/t25-/m0/s1. The summed E-state index contributed by atoms with van der Waals surface area (Å²) in [6.45, 7) is 19.0. The van der Waals surface area contributed by atoms with Crippen LogP contribution in [0.5, 0.6) is 0 Å². The van der Waals surface area contributed by atoms with Gasteiger partial charge in [-0.1, -0.05) is 57.7 Å². The summed E-state index contributed by atoms with van der Waals surface area (Å²) in [6.07, 6.45) is 6.65. The van der Waals surface area contributed by atoms with Crippen molar-refractivity contribution in [2.45, 2.75) is 66.7 Å². The number of esters is 1. The zero-order valence-electron chi connectivity index (χ0n) is 17.7. The molecule has 0 heterocycles. The number of ether oxygens (including phenoxy) is 1. The van der Waals surface area contributed by atoms with Gasteiger partial charge in [-0.15, -0.1) is 0 Å². The molecule has 146 valence electrons. The van der Waals surface area contributed by atoms with E-state index in [1.54, 1.807) is 6.08 Å². The number of carbonyl (C=O) groups excluding carboxylic acids is 1. The topological polar surface area (TPSA) is 26.3 Å². The highest BCUT2D eigenvalue weighted by Gasteiger charge is 2.54. The molecule has 1 atom stereocenters. The van der Waals surface area contributed by atoms with E-state index in [4.69, 9.17) is 4.74 Å². The molecule has 2 rings (SSSR count). The molecule has 1 aliphatic rings. The van der Waals surface area contributed by atoms with Crippen LogP contribution in [0, 0.1) is 10.8 Å². The van der Waals surface area contributed by atoms with Crippen molar-refractivity contribution in [3.8, 4) is 0 Å². The lowest BCUT2D eigenvalue weighted by atomic mass is 9.50. The van der Waals surface area contributed by atoms with Gasteiger partial charge in [-0.2, -0.15) is 0 Å². The molecule has 0 radical (unpaired) electrons. The summed E-state index contributed by atoms with van der Waals surface area (Å²) in [5, 5.41) is 0. The molecule has 2 heteroatoms. The van der Waals surface area contributed by atoms with Crippen molar-refractivity contribution in [2.75, 3.05) is 0 Å². The second-order valence-electron chi connectivity index (χ2n) is 7.83. The predicted octanol–water partition coefficient (Wildman–Crippen LogP) is 7.33. The fraction of sp³-hybridized carbons (Fsp3) is 0.480. The minimum Gasteiger partial charge on any atom is -0.427 e. The molecule has 1 aromatic rings. The molecule has 2 nitrogen and oxygen atoms in total. The molecule has 0 N–H and O–H groups in total. The van der Waals surface area contributed by atoms with Gasteiger partial charge in [0.15, 0.2) is 0 Å². The number of carbonyl (C=O) groups is 1. The summed E-state index contributed by atoms with van der Waals surface area (Å²) in [4.78, 5) is 12.9. The van der Waals surface area contributed by atoms with Crippen LogP contribution >= 0.6 is 0 Å². The number of rotatable bonds is 7. The first kappa shape index (κ1) is 21.2. The fourth-order valence-corrected chi connectivity index (χ4v) is 5.16. The molecule has 0 saturated carbocycles. The molecule has 1 aromatic carbocycles. The third kappa shape index (κ3) is 3.42. The van der Waals surface area contributed by atoms with E-state index in [2.05, 4.69) is 47.8 Å². The molecule has 0 unspecified atom stereocenters. The van der Waals surface area contributed by atoms with Gasteiger partial charge in [0, 0.05) is 10.8 Å². The summed E-state index contributed by atoms with van der Waals surface area (Å²) < 4.78 is 6.14. The number of benzene rings is 1. The maximum absolute atomic E-state index is 12.9. The minimum atomic E-state index is -0.278. The van der Waals surface area contributed by atoms with Crippen LogP contribution in [-0.4, -0.2) is 5.97 Å². The minimum absolute atomic E-state index is 0.0294. The van der Waals surface area contributed by atoms with Crippen LogP contribution in [0.3, 0.4) is 0 Å². The summed E-state index contributed by atoms with van der Waals surface area (Å²) in [7, 11) is 0. The molecule has 0 fully saturated rings. The van der Waals surface area contributed by atoms with Gasteiger partial charge in [-0.05, 0) is 69.2 Å². The van der Waals surface area contributed by atoms with Gasteiger partial charge in [0.1, 0.15) is 5.76 Å². The Hall–Kier alpha value is -2.09. The first-order chi connectivity index (χ1) is 12.8. The van der Waals surface area contributed by atoms with Crippen molar-refractivity contribution >= 4 is 12.0 Å². The Bertz CT molecular complexity index is 747. The Balaban J connectivity index is 2.49. The van der Waals surface area contributed by atoms with Crippen LogP contribution < -0.4 is 0 Å². The van der Waals surface area contributed by atoms with Crippen molar-refractivity contribution in [2.24, 2.45) is 10.8 Å². The Labute approximate surface area is 165 Å². The Kier molecular flexibility index (Phi) is 6.51. The SMILES string of the molecule is C=Cc1ccc(C(=O)OC2=C(C)CC[C@@](CC)(C(=C)C)C2(CC)CC)cc1. The van der Waals surface area contributed by atoms with Gasteiger partial charge in [0.25, 0.3) is 0 Å². The Morgan fingerprint density at radius 2 is 1.74 bits per heavy atom. The third-order valence-electron chi connectivity index (χ3n) is 6.87. The van der Waals surface area contributed by atoms with Crippen molar-refractivity contribution in [3.05, 3.63) is 65.5 Å². The normalized spacial score (nSPS) is 21.7. The lowest BCUT2D eigenvalue weighted by Gasteiger charge is -2.54. The number of hydrogen-bond acceptors (Lipinski definition) is 2. The molecule has 1 aliphatic carbocycles. The van der Waals surface area contributed by atoms with Crippen LogP contribution in [0.2, 0.25) is 0 Å². The molecular weight excluding hydrogens is 332 g/mol. The summed E-state index contributed by atoms with van der Waals surface area (Å²) in [5.41, 5.74) is 3.74. The first-order valence-corrected chi connectivity index (χ1v) is 10.1. The second kappa shape index (κ2) is 8.29. The highest BCUT2D eigenvalue weighted by atomic mass is 16.5. The fourth-order valence-electron chi connectivity index (χ4n) is 5.16. The van der Waals surface area contributed by atoms with Crippen LogP contribution in [-0.2, 0) is 4.74 Å². The average molecular weight is 367 g/mol. The molecule has 0 spiro atoms. The van der Waals surface area contributed by atoms with E-state index in [1.165, 1.54) is 11.1 Å². The van der Waals surface area contributed by atoms with Crippen LogP contribution in [0.25, 0.3) is 6.08 Å². The lowest BCUT2D eigenvalue weighted by Crippen LogP contribution is -2.47. The van der Waals surface area contributed by atoms with Crippen LogP contribution in [0.1, 0.15) is 82.6 Å². The maximum Gasteiger partial charge on any atom is 0.343 e. The van der Waals surface area contributed by atoms with Gasteiger partial charge in [0.05, 0.1) is 5.56 Å².